The van der Waals surface area contributed by atoms with Gasteiger partial charge in [0, 0.05) is 29.5 Å². The molecule has 0 aliphatic heterocycles. The molecule has 0 amide bonds. The zero-order chi connectivity index (χ0) is 11.5. The fourth-order valence-electron chi connectivity index (χ4n) is 1.29. The van der Waals surface area contributed by atoms with E-state index >= 15 is 0 Å². The van der Waals surface area contributed by atoms with Gasteiger partial charge in [0.15, 0.2) is 5.13 Å². The lowest BCUT2D eigenvalue weighted by Crippen LogP contribution is -2.16. The van der Waals surface area contributed by atoms with Crippen molar-refractivity contribution in [1.29, 1.82) is 0 Å². The van der Waals surface area contributed by atoms with Crippen LogP contribution in [0.3, 0.4) is 0 Å². The van der Waals surface area contributed by atoms with E-state index in [0.717, 1.165) is 22.2 Å². The van der Waals surface area contributed by atoms with Gasteiger partial charge in [0.1, 0.15) is 0 Å². The molecule has 0 radical (unpaired) electrons. The zero-order valence-corrected chi connectivity index (χ0v) is 10.9. The van der Waals surface area contributed by atoms with Crippen LogP contribution < -0.4 is 10.6 Å². The van der Waals surface area contributed by atoms with E-state index in [9.17, 15) is 0 Å². The number of nitrogens with two attached hydrogens (primary N) is 1. The van der Waals surface area contributed by atoms with Crippen LogP contribution in [0.1, 0.15) is 23.5 Å². The zero-order valence-electron chi connectivity index (χ0n) is 9.25. The van der Waals surface area contributed by atoms with Gasteiger partial charge in [-0.2, -0.15) is 0 Å². The van der Waals surface area contributed by atoms with Gasteiger partial charge in [-0.25, -0.2) is 9.97 Å². The fourth-order valence-corrected chi connectivity index (χ4v) is 2.67. The maximum Gasteiger partial charge on any atom is 0.185 e. The molecule has 4 nitrogen and oxygen atoms in total. The number of hydrogen-bond donors (Lipinski definition) is 1. The molecule has 86 valence electrons. The van der Waals surface area contributed by atoms with Gasteiger partial charge >= 0.3 is 0 Å². The third-order valence-corrected chi connectivity index (χ3v) is 4.12. The first-order valence-electron chi connectivity index (χ1n) is 4.96. The summed E-state index contributed by atoms with van der Waals surface area (Å²) in [4.78, 5) is 11.8. The van der Waals surface area contributed by atoms with Gasteiger partial charge in [-0.1, -0.05) is 0 Å². The smallest absolute Gasteiger partial charge is 0.185 e. The molecule has 6 heteroatoms. The van der Waals surface area contributed by atoms with Crippen LogP contribution >= 0.6 is 22.7 Å². The minimum Gasteiger partial charge on any atom is -0.345 e. The van der Waals surface area contributed by atoms with Crippen molar-refractivity contribution < 1.29 is 0 Å². The number of rotatable bonds is 4. The topological polar surface area (TPSA) is 55.0 Å². The highest BCUT2D eigenvalue weighted by Gasteiger charge is 2.10. The van der Waals surface area contributed by atoms with Crippen LogP contribution in [0.25, 0.3) is 0 Å². The Morgan fingerprint density at radius 3 is 2.88 bits per heavy atom. The monoisotopic (exact) mass is 254 g/mol. The minimum atomic E-state index is 0.0546. The molecule has 0 fully saturated rings. The van der Waals surface area contributed by atoms with E-state index in [1.54, 1.807) is 22.7 Å². The van der Waals surface area contributed by atoms with E-state index in [2.05, 4.69) is 20.2 Å². The van der Waals surface area contributed by atoms with Crippen LogP contribution in [0.5, 0.6) is 0 Å². The van der Waals surface area contributed by atoms with Gasteiger partial charge in [-0.3, -0.25) is 0 Å². The molecule has 0 aromatic carbocycles. The van der Waals surface area contributed by atoms with Crippen molar-refractivity contribution in [2.75, 3.05) is 11.9 Å². The Morgan fingerprint density at radius 2 is 2.31 bits per heavy atom. The Kier molecular flexibility index (Phi) is 3.52. The van der Waals surface area contributed by atoms with Crippen molar-refractivity contribution in [3.63, 3.8) is 0 Å². The summed E-state index contributed by atoms with van der Waals surface area (Å²) in [6.45, 7) is 2.76. The van der Waals surface area contributed by atoms with E-state index < -0.39 is 0 Å². The minimum absolute atomic E-state index is 0.0546. The van der Waals surface area contributed by atoms with Crippen molar-refractivity contribution in [2.45, 2.75) is 19.5 Å². The Morgan fingerprint density at radius 1 is 1.50 bits per heavy atom. The maximum absolute atomic E-state index is 5.80. The second-order valence-corrected chi connectivity index (χ2v) is 5.43. The molecule has 2 rings (SSSR count). The average molecular weight is 254 g/mol. The Balaban J connectivity index is 2.06. The number of thiazole rings is 2. The van der Waals surface area contributed by atoms with E-state index in [1.807, 2.05) is 25.7 Å². The average Bonchev–Trinajstić information content (AvgIpc) is 2.86. The third-order valence-electron chi connectivity index (χ3n) is 2.17. The number of aromatic nitrogens is 2. The normalized spacial score (nSPS) is 12.7. The van der Waals surface area contributed by atoms with Gasteiger partial charge in [0.25, 0.3) is 0 Å². The van der Waals surface area contributed by atoms with Crippen LogP contribution in [-0.4, -0.2) is 17.0 Å². The van der Waals surface area contributed by atoms with Gasteiger partial charge < -0.3 is 10.6 Å². The highest BCUT2D eigenvalue weighted by Crippen LogP contribution is 2.26. The Hall–Kier alpha value is -0.980. The van der Waals surface area contributed by atoms with Gasteiger partial charge in [0.05, 0.1) is 17.7 Å². The summed E-state index contributed by atoms with van der Waals surface area (Å²) in [5.74, 6) is 0. The van der Waals surface area contributed by atoms with Crippen molar-refractivity contribution >= 4 is 27.8 Å². The predicted octanol–water partition coefficient (Wildman–Crippen LogP) is 2.26. The van der Waals surface area contributed by atoms with E-state index in [0.29, 0.717) is 0 Å². The largest absolute Gasteiger partial charge is 0.345 e. The quantitative estimate of drug-likeness (QED) is 0.909. The van der Waals surface area contributed by atoms with E-state index in [4.69, 9.17) is 5.73 Å². The second-order valence-electron chi connectivity index (χ2n) is 3.67. The number of nitrogens with zero attached hydrogens (tertiary/aromatic N) is 3. The van der Waals surface area contributed by atoms with Gasteiger partial charge in [-0.15, -0.1) is 22.7 Å². The molecular formula is C10H14N4S2. The van der Waals surface area contributed by atoms with Crippen molar-refractivity contribution in [3.8, 4) is 0 Å². The Labute approximate surface area is 103 Å². The third kappa shape index (κ3) is 2.58. The summed E-state index contributed by atoms with van der Waals surface area (Å²) >= 11 is 3.25. The molecule has 2 heterocycles. The first kappa shape index (κ1) is 11.5. The summed E-state index contributed by atoms with van der Waals surface area (Å²) in [5, 5.41) is 3.04. The molecule has 1 unspecified atom stereocenters. The molecule has 0 saturated carbocycles. The standard InChI is InChI=1S/C10H14N4S2/c1-7(11)9-3-12-10(16-9)14(2)4-8-5-15-6-13-8/h3,5-7H,4,11H2,1-2H3. The lowest BCUT2D eigenvalue weighted by atomic mass is 10.3. The molecular weight excluding hydrogens is 240 g/mol. The highest BCUT2D eigenvalue weighted by atomic mass is 32.1. The van der Waals surface area contributed by atoms with E-state index in [1.165, 1.54) is 0 Å². The summed E-state index contributed by atoms with van der Waals surface area (Å²) in [6, 6.07) is 0.0546. The van der Waals surface area contributed by atoms with Crippen LogP contribution in [-0.2, 0) is 6.54 Å². The lowest BCUT2D eigenvalue weighted by Gasteiger charge is -2.13. The lowest BCUT2D eigenvalue weighted by molar-refractivity contribution is 0.834. The predicted molar refractivity (Wildman–Crippen MR) is 68.9 cm³/mol. The van der Waals surface area contributed by atoms with Gasteiger partial charge in [-0.05, 0) is 6.92 Å². The van der Waals surface area contributed by atoms with Crippen LogP contribution in [0, 0.1) is 0 Å². The molecule has 2 aromatic heterocycles. The van der Waals surface area contributed by atoms with Crippen molar-refractivity contribution in [1.82, 2.24) is 9.97 Å². The highest BCUT2D eigenvalue weighted by molar-refractivity contribution is 7.15. The van der Waals surface area contributed by atoms with Gasteiger partial charge in [0.2, 0.25) is 0 Å². The maximum atomic E-state index is 5.80. The number of hydrogen-bond acceptors (Lipinski definition) is 6. The molecule has 1 atom stereocenters. The van der Waals surface area contributed by atoms with Crippen LogP contribution in [0.2, 0.25) is 0 Å². The molecule has 0 spiro atoms. The first-order valence-corrected chi connectivity index (χ1v) is 6.72. The molecule has 0 saturated heterocycles. The molecule has 0 aliphatic carbocycles. The summed E-state index contributed by atoms with van der Waals surface area (Å²) in [6.07, 6.45) is 1.85. The summed E-state index contributed by atoms with van der Waals surface area (Å²) in [7, 11) is 2.02. The molecule has 0 bridgehead atoms. The number of anilines is 1. The summed E-state index contributed by atoms with van der Waals surface area (Å²) in [5.41, 5.74) is 8.72. The van der Waals surface area contributed by atoms with Crippen molar-refractivity contribution in [3.05, 3.63) is 27.7 Å². The Bertz CT molecular complexity index is 435. The van der Waals surface area contributed by atoms with Crippen molar-refractivity contribution in [2.24, 2.45) is 5.73 Å². The van der Waals surface area contributed by atoms with Crippen LogP contribution in [0.4, 0.5) is 5.13 Å². The van der Waals surface area contributed by atoms with Crippen LogP contribution in [0.15, 0.2) is 17.1 Å². The molecule has 0 aliphatic rings. The molecule has 16 heavy (non-hydrogen) atoms. The fraction of sp³-hybridized carbons (Fsp3) is 0.400. The summed E-state index contributed by atoms with van der Waals surface area (Å²) < 4.78 is 0. The second kappa shape index (κ2) is 4.90. The van der Waals surface area contributed by atoms with E-state index in [-0.39, 0.29) is 6.04 Å². The molecule has 2 aromatic rings. The first-order chi connectivity index (χ1) is 7.66. The SMILES string of the molecule is CC(N)c1cnc(N(C)Cc2cscn2)s1. The molecule has 2 N–H and O–H groups in total.